The maximum Gasteiger partial charge on any atom is 0.227 e. The van der Waals surface area contributed by atoms with Crippen LogP contribution < -0.4 is 10.1 Å². The number of aromatic nitrogens is 1. The van der Waals surface area contributed by atoms with Crippen LogP contribution in [0.25, 0.3) is 0 Å². The summed E-state index contributed by atoms with van der Waals surface area (Å²) in [6.07, 6.45) is 5.98. The first-order chi connectivity index (χ1) is 10.3. The third-order valence-electron chi connectivity index (χ3n) is 3.69. The molecule has 4 nitrogen and oxygen atoms in total. The van der Waals surface area contributed by atoms with Crippen molar-refractivity contribution in [3.8, 4) is 11.6 Å². The first-order valence-corrected chi connectivity index (χ1v) is 7.31. The maximum atomic E-state index is 12.1. The van der Waals surface area contributed by atoms with Gasteiger partial charge in [-0.3, -0.25) is 4.79 Å². The molecule has 3 rings (SSSR count). The Balaban J connectivity index is 1.66. The number of ether oxygens (including phenoxy) is 1. The number of anilines is 1. The Hall–Kier alpha value is -2.36. The Morgan fingerprint density at radius 2 is 2.00 bits per heavy atom. The summed E-state index contributed by atoms with van der Waals surface area (Å²) in [6.45, 7) is 0. The molecule has 0 bridgehead atoms. The molecule has 0 unspecified atom stereocenters. The Morgan fingerprint density at radius 3 is 2.76 bits per heavy atom. The van der Waals surface area contributed by atoms with Crippen molar-refractivity contribution in [1.29, 1.82) is 0 Å². The zero-order valence-electron chi connectivity index (χ0n) is 11.8. The fourth-order valence-corrected chi connectivity index (χ4v) is 2.60. The maximum absolute atomic E-state index is 12.1. The first kappa shape index (κ1) is 13.6. The van der Waals surface area contributed by atoms with Gasteiger partial charge in [0, 0.05) is 29.9 Å². The van der Waals surface area contributed by atoms with Crippen LogP contribution in [0.2, 0.25) is 0 Å². The number of hydrogen-bond acceptors (Lipinski definition) is 3. The summed E-state index contributed by atoms with van der Waals surface area (Å²) in [7, 11) is 0. The van der Waals surface area contributed by atoms with Gasteiger partial charge in [0.2, 0.25) is 11.8 Å². The molecule has 1 heterocycles. The third-order valence-corrected chi connectivity index (χ3v) is 3.69. The summed E-state index contributed by atoms with van der Waals surface area (Å²) < 4.78 is 5.66. The molecule has 1 N–H and O–H groups in total. The third kappa shape index (κ3) is 3.60. The number of carbonyl (C=O) groups excluding carboxylic acids is 1. The summed E-state index contributed by atoms with van der Waals surface area (Å²) in [5.41, 5.74) is 0.764. The second kappa shape index (κ2) is 6.39. The lowest BCUT2D eigenvalue weighted by molar-refractivity contribution is -0.119. The van der Waals surface area contributed by atoms with E-state index in [1.807, 2.05) is 36.4 Å². The zero-order chi connectivity index (χ0) is 14.5. The van der Waals surface area contributed by atoms with Crippen LogP contribution in [0.4, 0.5) is 5.69 Å². The highest BCUT2D eigenvalue weighted by Crippen LogP contribution is 2.27. The number of nitrogens with one attached hydrogen (secondary N) is 1. The number of benzene rings is 1. The van der Waals surface area contributed by atoms with Crippen molar-refractivity contribution in [3.63, 3.8) is 0 Å². The average Bonchev–Trinajstić information content (AvgIpc) is 3.03. The van der Waals surface area contributed by atoms with E-state index < -0.39 is 0 Å². The Kier molecular flexibility index (Phi) is 4.15. The lowest BCUT2D eigenvalue weighted by Gasteiger charge is -2.11. The molecule has 1 aliphatic rings. The minimum absolute atomic E-state index is 0.113. The van der Waals surface area contributed by atoms with E-state index in [0.717, 1.165) is 31.4 Å². The van der Waals surface area contributed by atoms with Crippen LogP contribution >= 0.6 is 0 Å². The Bertz CT molecular complexity index is 607. The van der Waals surface area contributed by atoms with Gasteiger partial charge in [0.1, 0.15) is 5.75 Å². The van der Waals surface area contributed by atoms with E-state index >= 15 is 0 Å². The lowest BCUT2D eigenvalue weighted by atomic mass is 10.1. The van der Waals surface area contributed by atoms with E-state index in [1.54, 1.807) is 12.3 Å². The second-order valence-corrected chi connectivity index (χ2v) is 5.27. The van der Waals surface area contributed by atoms with Crippen LogP contribution in [-0.4, -0.2) is 10.9 Å². The number of carbonyl (C=O) groups is 1. The smallest absolute Gasteiger partial charge is 0.227 e. The highest BCUT2D eigenvalue weighted by Gasteiger charge is 2.22. The van der Waals surface area contributed by atoms with Gasteiger partial charge in [-0.05, 0) is 31.0 Å². The van der Waals surface area contributed by atoms with Crippen LogP contribution in [0.1, 0.15) is 25.7 Å². The molecule has 1 aromatic carbocycles. The molecule has 1 aliphatic carbocycles. The molecule has 0 radical (unpaired) electrons. The summed E-state index contributed by atoms with van der Waals surface area (Å²) in [5, 5.41) is 2.97. The van der Waals surface area contributed by atoms with E-state index in [0.29, 0.717) is 11.6 Å². The van der Waals surface area contributed by atoms with E-state index in [1.165, 1.54) is 0 Å². The largest absolute Gasteiger partial charge is 0.439 e. The van der Waals surface area contributed by atoms with Gasteiger partial charge < -0.3 is 10.1 Å². The van der Waals surface area contributed by atoms with Gasteiger partial charge in [-0.15, -0.1) is 0 Å². The van der Waals surface area contributed by atoms with Gasteiger partial charge in [-0.1, -0.05) is 25.0 Å². The predicted molar refractivity (Wildman–Crippen MR) is 81.3 cm³/mol. The van der Waals surface area contributed by atoms with Gasteiger partial charge in [0.15, 0.2) is 0 Å². The van der Waals surface area contributed by atoms with Crippen LogP contribution in [0.15, 0.2) is 48.7 Å². The number of hydrogen-bond donors (Lipinski definition) is 1. The molecule has 1 amide bonds. The molecule has 0 spiro atoms. The summed E-state index contributed by atoms with van der Waals surface area (Å²) in [6, 6.07) is 12.9. The number of amides is 1. The van der Waals surface area contributed by atoms with Crippen LogP contribution in [0, 0.1) is 5.92 Å². The molecule has 108 valence electrons. The molecule has 1 saturated carbocycles. The minimum Gasteiger partial charge on any atom is -0.439 e. The van der Waals surface area contributed by atoms with Crippen LogP contribution in [0.5, 0.6) is 11.6 Å². The first-order valence-electron chi connectivity index (χ1n) is 7.31. The monoisotopic (exact) mass is 282 g/mol. The standard InChI is InChI=1S/C17H18N2O2/c20-17(13-6-1-2-7-13)19-14-8-5-9-15(12-14)21-16-10-3-4-11-18-16/h3-5,8-13H,1-2,6-7H2,(H,19,20). The van der Waals surface area contributed by atoms with Crippen molar-refractivity contribution < 1.29 is 9.53 Å². The van der Waals surface area contributed by atoms with E-state index in [2.05, 4.69) is 10.3 Å². The summed E-state index contributed by atoms with van der Waals surface area (Å²) in [4.78, 5) is 16.2. The van der Waals surface area contributed by atoms with Gasteiger partial charge >= 0.3 is 0 Å². The van der Waals surface area contributed by atoms with Crippen LogP contribution in [-0.2, 0) is 4.79 Å². The molecule has 0 atom stereocenters. The molecule has 21 heavy (non-hydrogen) atoms. The molecule has 1 fully saturated rings. The summed E-state index contributed by atoms with van der Waals surface area (Å²) >= 11 is 0. The fraction of sp³-hybridized carbons (Fsp3) is 0.294. The number of nitrogens with zero attached hydrogens (tertiary/aromatic N) is 1. The fourth-order valence-electron chi connectivity index (χ4n) is 2.60. The lowest BCUT2D eigenvalue weighted by Crippen LogP contribution is -2.20. The van der Waals surface area contributed by atoms with Crippen molar-refractivity contribution in [2.24, 2.45) is 5.92 Å². The Morgan fingerprint density at radius 1 is 1.14 bits per heavy atom. The second-order valence-electron chi connectivity index (χ2n) is 5.27. The van der Waals surface area contributed by atoms with E-state index in [-0.39, 0.29) is 11.8 Å². The highest BCUT2D eigenvalue weighted by atomic mass is 16.5. The van der Waals surface area contributed by atoms with Gasteiger partial charge in [0.25, 0.3) is 0 Å². The van der Waals surface area contributed by atoms with Gasteiger partial charge in [-0.25, -0.2) is 4.98 Å². The SMILES string of the molecule is O=C(Nc1cccc(Oc2ccccn2)c1)C1CCCC1. The van der Waals surface area contributed by atoms with E-state index in [4.69, 9.17) is 4.74 Å². The van der Waals surface area contributed by atoms with Crippen molar-refractivity contribution >= 4 is 11.6 Å². The molecule has 1 aromatic heterocycles. The molecular formula is C17H18N2O2. The summed E-state index contributed by atoms with van der Waals surface area (Å²) in [5.74, 6) is 1.47. The molecular weight excluding hydrogens is 264 g/mol. The minimum atomic E-state index is 0.113. The van der Waals surface area contributed by atoms with Crippen molar-refractivity contribution in [2.75, 3.05) is 5.32 Å². The van der Waals surface area contributed by atoms with Gasteiger partial charge in [0.05, 0.1) is 0 Å². The molecule has 4 heteroatoms. The molecule has 2 aromatic rings. The topological polar surface area (TPSA) is 51.2 Å². The quantitative estimate of drug-likeness (QED) is 0.922. The number of pyridine rings is 1. The average molecular weight is 282 g/mol. The number of rotatable bonds is 4. The predicted octanol–water partition coefficient (Wildman–Crippen LogP) is 4.00. The molecule has 0 aliphatic heterocycles. The van der Waals surface area contributed by atoms with Crippen molar-refractivity contribution in [2.45, 2.75) is 25.7 Å². The highest BCUT2D eigenvalue weighted by molar-refractivity contribution is 5.92. The van der Waals surface area contributed by atoms with Crippen LogP contribution in [0.3, 0.4) is 0 Å². The zero-order valence-corrected chi connectivity index (χ0v) is 11.8. The Labute approximate surface area is 124 Å². The molecule has 0 saturated heterocycles. The van der Waals surface area contributed by atoms with Crippen molar-refractivity contribution in [1.82, 2.24) is 4.98 Å². The van der Waals surface area contributed by atoms with Gasteiger partial charge in [-0.2, -0.15) is 0 Å². The van der Waals surface area contributed by atoms with Crippen molar-refractivity contribution in [3.05, 3.63) is 48.7 Å². The normalized spacial score (nSPS) is 14.9. The van der Waals surface area contributed by atoms with E-state index in [9.17, 15) is 4.79 Å².